The van der Waals surface area contributed by atoms with E-state index in [1.54, 1.807) is 15.9 Å². The van der Waals surface area contributed by atoms with Crippen molar-refractivity contribution in [1.82, 2.24) is 9.80 Å². The van der Waals surface area contributed by atoms with Gasteiger partial charge in [-0.05, 0) is 58.3 Å². The number of hydrogen-bond donors (Lipinski definition) is 1. The molecule has 3 rings (SSSR count). The molecule has 2 amide bonds. The van der Waals surface area contributed by atoms with Crippen molar-refractivity contribution in [3.05, 3.63) is 25.3 Å². The monoisotopic (exact) mass is 532 g/mol. The standard InChI is InChI=1S/C30H48N2O6/c1-8-12-13-14-17-37-28(36)24-23-26(34)32(22(11-4)19-33)25(30(23)18-20(5)29(24,7)38-30)27(35)31(16-10-3)21(6)15-9-2/h8,10,20-25,33H,1,3,9,11-19H2,2,4-7H3/t20?,21?,22-,23-,24-,25?,29+,30?/m0/s1. The molecule has 0 saturated carbocycles. The second-order valence-corrected chi connectivity index (χ2v) is 11.6. The number of rotatable bonds is 15. The van der Waals surface area contributed by atoms with Gasteiger partial charge in [0.2, 0.25) is 11.8 Å². The van der Waals surface area contributed by atoms with E-state index in [-0.39, 0.29) is 37.0 Å². The zero-order valence-electron chi connectivity index (χ0n) is 24.0. The summed E-state index contributed by atoms with van der Waals surface area (Å²) < 4.78 is 12.5. The number of hydrogen-bond acceptors (Lipinski definition) is 6. The zero-order chi connectivity index (χ0) is 28.3. The van der Waals surface area contributed by atoms with Gasteiger partial charge in [-0.25, -0.2) is 0 Å². The molecule has 8 heteroatoms. The molecular weight excluding hydrogens is 484 g/mol. The number of fused-ring (bicyclic) bond motifs is 1. The van der Waals surface area contributed by atoms with E-state index < -0.39 is 41.1 Å². The Hall–Kier alpha value is -2.19. The van der Waals surface area contributed by atoms with Gasteiger partial charge in [-0.1, -0.05) is 39.3 Å². The van der Waals surface area contributed by atoms with Crippen LogP contribution in [0.2, 0.25) is 0 Å². The third kappa shape index (κ3) is 4.94. The summed E-state index contributed by atoms with van der Waals surface area (Å²) >= 11 is 0. The molecule has 3 fully saturated rings. The number of ether oxygens (including phenoxy) is 2. The Morgan fingerprint density at radius 1 is 1.29 bits per heavy atom. The van der Waals surface area contributed by atoms with Crippen LogP contribution in [-0.4, -0.2) is 81.8 Å². The lowest BCUT2D eigenvalue weighted by atomic mass is 9.62. The van der Waals surface area contributed by atoms with Gasteiger partial charge < -0.3 is 24.4 Å². The van der Waals surface area contributed by atoms with Crippen LogP contribution in [0.5, 0.6) is 0 Å². The molecule has 38 heavy (non-hydrogen) atoms. The summed E-state index contributed by atoms with van der Waals surface area (Å²) in [6, 6.07) is -1.54. The largest absolute Gasteiger partial charge is 0.465 e. The van der Waals surface area contributed by atoms with Gasteiger partial charge in [0, 0.05) is 12.6 Å². The van der Waals surface area contributed by atoms with Crippen molar-refractivity contribution in [2.45, 2.75) is 109 Å². The van der Waals surface area contributed by atoms with Crippen LogP contribution < -0.4 is 0 Å². The van der Waals surface area contributed by atoms with Crippen LogP contribution in [0.4, 0.5) is 0 Å². The average molecular weight is 533 g/mol. The van der Waals surface area contributed by atoms with Crippen LogP contribution in [0.25, 0.3) is 0 Å². The smallest absolute Gasteiger partial charge is 0.312 e. The van der Waals surface area contributed by atoms with Gasteiger partial charge in [0.1, 0.15) is 17.6 Å². The molecule has 3 heterocycles. The fourth-order valence-corrected chi connectivity index (χ4v) is 7.13. The number of likely N-dealkylation sites (tertiary alicyclic amines) is 1. The molecule has 0 aromatic carbocycles. The van der Waals surface area contributed by atoms with Gasteiger partial charge in [-0.15, -0.1) is 13.2 Å². The van der Waals surface area contributed by atoms with Crippen molar-refractivity contribution >= 4 is 17.8 Å². The third-order valence-corrected chi connectivity index (χ3v) is 9.21. The molecule has 8 atom stereocenters. The first-order chi connectivity index (χ1) is 18.1. The number of unbranched alkanes of at least 4 members (excludes halogenated alkanes) is 2. The Balaban J connectivity index is 2.05. The van der Waals surface area contributed by atoms with Crippen molar-refractivity contribution < 1.29 is 29.0 Å². The number of amides is 2. The van der Waals surface area contributed by atoms with E-state index in [1.807, 2.05) is 33.8 Å². The molecule has 0 aliphatic carbocycles. The first-order valence-electron chi connectivity index (χ1n) is 14.4. The minimum Gasteiger partial charge on any atom is -0.465 e. The van der Waals surface area contributed by atoms with Gasteiger partial charge in [-0.3, -0.25) is 14.4 Å². The molecule has 0 aromatic heterocycles. The van der Waals surface area contributed by atoms with Gasteiger partial charge in [-0.2, -0.15) is 0 Å². The molecule has 3 aliphatic rings. The summed E-state index contributed by atoms with van der Waals surface area (Å²) in [5.41, 5.74) is -2.06. The summed E-state index contributed by atoms with van der Waals surface area (Å²) in [4.78, 5) is 45.5. The van der Waals surface area contributed by atoms with Crippen LogP contribution in [-0.2, 0) is 23.9 Å². The second-order valence-electron chi connectivity index (χ2n) is 11.6. The van der Waals surface area contributed by atoms with Crippen LogP contribution in [0.3, 0.4) is 0 Å². The lowest BCUT2D eigenvalue weighted by Gasteiger charge is -2.41. The average Bonchev–Trinajstić information content (AvgIpc) is 3.40. The lowest BCUT2D eigenvalue weighted by Crippen LogP contribution is -2.60. The van der Waals surface area contributed by atoms with E-state index in [0.717, 1.165) is 25.7 Å². The number of esters is 1. The SMILES string of the molecule is C=CCCCCOC(=O)[C@@H]1[C@H]2C(=O)N([C@@H](CC)CO)C(C(=O)N(CC=C)C(C)CCC)C23CC(C)[C@@]1(C)O3. The molecule has 214 valence electrons. The van der Waals surface area contributed by atoms with Crippen molar-refractivity contribution in [1.29, 1.82) is 0 Å². The highest BCUT2D eigenvalue weighted by atomic mass is 16.6. The molecule has 8 nitrogen and oxygen atoms in total. The minimum absolute atomic E-state index is 0.0600. The van der Waals surface area contributed by atoms with Crippen LogP contribution >= 0.6 is 0 Å². The molecule has 1 N–H and O–H groups in total. The fraction of sp³-hybridized carbons (Fsp3) is 0.767. The molecule has 3 aliphatic heterocycles. The quantitative estimate of drug-likeness (QED) is 0.195. The lowest BCUT2D eigenvalue weighted by molar-refractivity contribution is -0.164. The Bertz CT molecular complexity index is 903. The highest BCUT2D eigenvalue weighted by Crippen LogP contribution is 2.65. The number of aliphatic hydroxyl groups excluding tert-OH is 1. The normalized spacial score (nSPS) is 33.1. The Morgan fingerprint density at radius 3 is 2.58 bits per heavy atom. The summed E-state index contributed by atoms with van der Waals surface area (Å²) in [6.07, 6.45) is 8.64. The molecule has 2 bridgehead atoms. The van der Waals surface area contributed by atoms with Gasteiger partial charge >= 0.3 is 5.97 Å². The zero-order valence-corrected chi connectivity index (χ0v) is 24.0. The molecule has 3 saturated heterocycles. The summed E-state index contributed by atoms with van der Waals surface area (Å²) in [5, 5.41) is 10.3. The van der Waals surface area contributed by atoms with Crippen molar-refractivity contribution in [3.63, 3.8) is 0 Å². The van der Waals surface area contributed by atoms with Crippen LogP contribution in [0.15, 0.2) is 25.3 Å². The van der Waals surface area contributed by atoms with Crippen molar-refractivity contribution in [2.24, 2.45) is 17.8 Å². The summed E-state index contributed by atoms with van der Waals surface area (Å²) in [7, 11) is 0. The summed E-state index contributed by atoms with van der Waals surface area (Å²) in [6.45, 7) is 17.8. The second kappa shape index (κ2) is 12.3. The maximum absolute atomic E-state index is 14.4. The topological polar surface area (TPSA) is 96.4 Å². The van der Waals surface area contributed by atoms with Crippen molar-refractivity contribution in [3.8, 4) is 0 Å². The maximum atomic E-state index is 14.4. The maximum Gasteiger partial charge on any atom is 0.312 e. The molecule has 1 spiro atoms. The molecule has 0 aromatic rings. The van der Waals surface area contributed by atoms with E-state index in [9.17, 15) is 19.5 Å². The number of carbonyl (C=O) groups excluding carboxylic acids is 3. The van der Waals surface area contributed by atoms with E-state index in [2.05, 4.69) is 20.1 Å². The highest BCUT2D eigenvalue weighted by molar-refractivity contribution is 5.99. The minimum atomic E-state index is -1.15. The van der Waals surface area contributed by atoms with Crippen LogP contribution in [0.1, 0.15) is 79.6 Å². The van der Waals surface area contributed by atoms with E-state index in [0.29, 0.717) is 25.8 Å². The van der Waals surface area contributed by atoms with Gasteiger partial charge in [0.25, 0.3) is 0 Å². The molecule has 0 radical (unpaired) electrons. The van der Waals surface area contributed by atoms with E-state index >= 15 is 0 Å². The number of aliphatic hydroxyl groups is 1. The number of nitrogens with zero attached hydrogens (tertiary/aromatic N) is 2. The Kier molecular flexibility index (Phi) is 9.85. The Morgan fingerprint density at radius 2 is 2.00 bits per heavy atom. The summed E-state index contributed by atoms with van der Waals surface area (Å²) in [5.74, 6) is -2.64. The van der Waals surface area contributed by atoms with E-state index in [4.69, 9.17) is 9.47 Å². The first kappa shape index (κ1) is 30.4. The molecule has 4 unspecified atom stereocenters. The predicted octanol–water partition coefficient (Wildman–Crippen LogP) is 3.87. The fourth-order valence-electron chi connectivity index (χ4n) is 7.13. The highest BCUT2D eigenvalue weighted by Gasteiger charge is 2.80. The predicted molar refractivity (Wildman–Crippen MR) is 146 cm³/mol. The number of carbonyl (C=O) groups is 3. The van der Waals surface area contributed by atoms with Crippen LogP contribution in [0, 0.1) is 17.8 Å². The van der Waals surface area contributed by atoms with Gasteiger partial charge in [0.15, 0.2) is 0 Å². The third-order valence-electron chi connectivity index (χ3n) is 9.21. The van der Waals surface area contributed by atoms with Gasteiger partial charge in [0.05, 0.1) is 30.8 Å². The first-order valence-corrected chi connectivity index (χ1v) is 14.4. The molecular formula is C30H48N2O6. The number of allylic oxidation sites excluding steroid dienone is 1. The van der Waals surface area contributed by atoms with E-state index in [1.165, 1.54) is 0 Å². The van der Waals surface area contributed by atoms with Crippen molar-refractivity contribution in [2.75, 3.05) is 19.8 Å². The Labute approximate surface area is 228 Å².